The van der Waals surface area contributed by atoms with E-state index in [2.05, 4.69) is 40.8 Å². The Morgan fingerprint density at radius 2 is 2.14 bits per heavy atom. The molecular weight excluding hydrogens is 389 g/mol. The van der Waals surface area contributed by atoms with E-state index in [1.807, 2.05) is 32.0 Å². The molecular formula is C17H28IN3O. The molecule has 5 heteroatoms. The quantitative estimate of drug-likeness (QED) is 0.235. The Labute approximate surface area is 151 Å². The van der Waals surface area contributed by atoms with Crippen molar-refractivity contribution in [3.05, 3.63) is 42.0 Å². The van der Waals surface area contributed by atoms with E-state index in [1.165, 1.54) is 5.56 Å². The predicted octanol–water partition coefficient (Wildman–Crippen LogP) is 3.51. The van der Waals surface area contributed by atoms with Gasteiger partial charge in [0.15, 0.2) is 5.96 Å². The maximum Gasteiger partial charge on any atom is 0.191 e. The van der Waals surface area contributed by atoms with Gasteiger partial charge in [0, 0.05) is 13.6 Å². The van der Waals surface area contributed by atoms with Crippen LogP contribution in [0.1, 0.15) is 25.8 Å². The summed E-state index contributed by atoms with van der Waals surface area (Å²) in [7, 11) is 1.77. The number of hydrogen-bond donors (Lipinski definition) is 2. The van der Waals surface area contributed by atoms with Crippen molar-refractivity contribution in [3.8, 4) is 5.75 Å². The highest BCUT2D eigenvalue weighted by Crippen LogP contribution is 2.13. The Hall–Kier alpha value is -1.24. The van der Waals surface area contributed by atoms with Crippen LogP contribution in [-0.4, -0.2) is 32.2 Å². The lowest BCUT2D eigenvalue weighted by Gasteiger charge is -2.17. The summed E-state index contributed by atoms with van der Waals surface area (Å²) in [6.07, 6.45) is 5.24. The van der Waals surface area contributed by atoms with Gasteiger partial charge in [-0.3, -0.25) is 4.99 Å². The molecule has 0 bridgehead atoms. The van der Waals surface area contributed by atoms with E-state index >= 15 is 0 Å². The van der Waals surface area contributed by atoms with Crippen LogP contribution in [0, 0.1) is 6.92 Å². The predicted molar refractivity (Wildman–Crippen MR) is 105 cm³/mol. The Bertz CT molecular complexity index is 475. The van der Waals surface area contributed by atoms with Gasteiger partial charge in [-0.1, -0.05) is 24.3 Å². The largest absolute Gasteiger partial charge is 0.489 e. The molecule has 0 radical (unpaired) electrons. The molecule has 124 valence electrons. The summed E-state index contributed by atoms with van der Waals surface area (Å²) >= 11 is 0. The van der Waals surface area contributed by atoms with E-state index in [9.17, 15) is 0 Å². The third-order valence-electron chi connectivity index (χ3n) is 2.95. The molecule has 0 saturated heterocycles. The summed E-state index contributed by atoms with van der Waals surface area (Å²) in [6, 6.07) is 8.09. The molecule has 0 aliphatic heterocycles. The SMILES string of the molecule is C/C=C/CCNC(=NC)NCC(C)Oc1cccc(C)c1.I. The van der Waals surface area contributed by atoms with Crippen molar-refractivity contribution < 1.29 is 4.74 Å². The van der Waals surface area contributed by atoms with Gasteiger partial charge in [0.05, 0.1) is 6.54 Å². The number of nitrogens with one attached hydrogen (secondary N) is 2. The summed E-state index contributed by atoms with van der Waals surface area (Å²) in [5.41, 5.74) is 1.20. The molecule has 0 heterocycles. The van der Waals surface area contributed by atoms with Crippen molar-refractivity contribution in [2.45, 2.75) is 33.3 Å². The van der Waals surface area contributed by atoms with Gasteiger partial charge >= 0.3 is 0 Å². The first kappa shape index (κ1) is 20.8. The van der Waals surface area contributed by atoms with Gasteiger partial charge in [-0.25, -0.2) is 0 Å². The van der Waals surface area contributed by atoms with Crippen LogP contribution in [0.15, 0.2) is 41.4 Å². The number of nitrogens with zero attached hydrogens (tertiary/aromatic N) is 1. The molecule has 4 nitrogen and oxygen atoms in total. The molecule has 2 N–H and O–H groups in total. The lowest BCUT2D eigenvalue weighted by Crippen LogP contribution is -2.42. The fraction of sp³-hybridized carbons (Fsp3) is 0.471. The summed E-state index contributed by atoms with van der Waals surface area (Å²) in [5, 5.41) is 6.54. The van der Waals surface area contributed by atoms with Crippen molar-refractivity contribution in [2.75, 3.05) is 20.1 Å². The van der Waals surface area contributed by atoms with E-state index in [4.69, 9.17) is 4.74 Å². The fourth-order valence-electron chi connectivity index (χ4n) is 1.86. The van der Waals surface area contributed by atoms with E-state index in [0.29, 0.717) is 6.54 Å². The van der Waals surface area contributed by atoms with Gasteiger partial charge in [0.25, 0.3) is 0 Å². The smallest absolute Gasteiger partial charge is 0.191 e. The molecule has 1 aromatic carbocycles. The molecule has 0 aliphatic carbocycles. The molecule has 0 aromatic heterocycles. The Morgan fingerprint density at radius 3 is 2.77 bits per heavy atom. The highest BCUT2D eigenvalue weighted by atomic mass is 127. The molecule has 1 aromatic rings. The second-order valence-electron chi connectivity index (χ2n) is 4.98. The molecule has 0 aliphatic rings. The molecule has 1 unspecified atom stereocenters. The van der Waals surface area contributed by atoms with E-state index in [0.717, 1.165) is 24.7 Å². The second-order valence-corrected chi connectivity index (χ2v) is 4.98. The van der Waals surface area contributed by atoms with Gasteiger partial charge in [-0.2, -0.15) is 0 Å². The van der Waals surface area contributed by atoms with Gasteiger partial charge in [0.2, 0.25) is 0 Å². The third-order valence-corrected chi connectivity index (χ3v) is 2.95. The van der Waals surface area contributed by atoms with E-state index in [-0.39, 0.29) is 30.1 Å². The van der Waals surface area contributed by atoms with Crippen LogP contribution in [0.4, 0.5) is 0 Å². The zero-order valence-electron chi connectivity index (χ0n) is 13.9. The minimum atomic E-state index is 0. The molecule has 22 heavy (non-hydrogen) atoms. The van der Waals surface area contributed by atoms with Gasteiger partial charge < -0.3 is 15.4 Å². The monoisotopic (exact) mass is 417 g/mol. The number of halogens is 1. The van der Waals surface area contributed by atoms with Crippen molar-refractivity contribution in [1.82, 2.24) is 10.6 Å². The normalized spacial score (nSPS) is 12.6. The average Bonchev–Trinajstić information content (AvgIpc) is 2.46. The maximum atomic E-state index is 5.88. The fourth-order valence-corrected chi connectivity index (χ4v) is 1.86. The van der Waals surface area contributed by atoms with Gasteiger partial charge in [-0.15, -0.1) is 24.0 Å². The summed E-state index contributed by atoms with van der Waals surface area (Å²) in [5.74, 6) is 1.71. The van der Waals surface area contributed by atoms with Gasteiger partial charge in [-0.05, 0) is 44.9 Å². The lowest BCUT2D eigenvalue weighted by atomic mass is 10.2. The highest BCUT2D eigenvalue weighted by molar-refractivity contribution is 14.0. The first-order chi connectivity index (χ1) is 10.2. The number of aliphatic imine (C=N–C) groups is 1. The molecule has 0 amide bonds. The number of ether oxygens (including phenoxy) is 1. The van der Waals surface area contributed by atoms with Crippen LogP contribution in [-0.2, 0) is 0 Å². The summed E-state index contributed by atoms with van der Waals surface area (Å²) < 4.78 is 5.88. The standard InChI is InChI=1S/C17H27N3O.HI/c1-5-6-7-11-19-17(18-4)20-13-15(3)21-16-10-8-9-14(2)12-16;/h5-6,8-10,12,15H,7,11,13H2,1-4H3,(H2,18,19,20);1H/b6-5+;. The van der Waals surface area contributed by atoms with Crippen LogP contribution in [0.2, 0.25) is 0 Å². The van der Waals surface area contributed by atoms with E-state index in [1.54, 1.807) is 7.05 Å². The topological polar surface area (TPSA) is 45.7 Å². The van der Waals surface area contributed by atoms with Crippen molar-refractivity contribution in [3.63, 3.8) is 0 Å². The second kappa shape index (κ2) is 12.3. The molecule has 1 atom stereocenters. The minimum Gasteiger partial charge on any atom is -0.489 e. The van der Waals surface area contributed by atoms with Crippen LogP contribution in [0.3, 0.4) is 0 Å². The Morgan fingerprint density at radius 1 is 1.36 bits per heavy atom. The first-order valence-corrected chi connectivity index (χ1v) is 7.44. The van der Waals surface area contributed by atoms with Crippen LogP contribution < -0.4 is 15.4 Å². The van der Waals surface area contributed by atoms with Gasteiger partial charge in [0.1, 0.15) is 11.9 Å². The Balaban J connectivity index is 0.00000441. The number of guanidine groups is 1. The number of allylic oxidation sites excluding steroid dienone is 1. The summed E-state index contributed by atoms with van der Waals surface area (Å²) in [4.78, 5) is 4.19. The van der Waals surface area contributed by atoms with Crippen LogP contribution in [0.25, 0.3) is 0 Å². The van der Waals surface area contributed by atoms with Crippen molar-refractivity contribution in [1.29, 1.82) is 0 Å². The third kappa shape index (κ3) is 8.92. The zero-order chi connectivity index (χ0) is 15.5. The Kier molecular flexibility index (Phi) is 11.6. The molecule has 0 fully saturated rings. The number of benzene rings is 1. The van der Waals surface area contributed by atoms with Crippen molar-refractivity contribution in [2.24, 2.45) is 4.99 Å². The van der Waals surface area contributed by atoms with E-state index < -0.39 is 0 Å². The molecule has 0 spiro atoms. The first-order valence-electron chi connectivity index (χ1n) is 7.44. The minimum absolute atomic E-state index is 0. The van der Waals surface area contributed by atoms with Crippen LogP contribution >= 0.6 is 24.0 Å². The maximum absolute atomic E-state index is 5.88. The molecule has 1 rings (SSSR count). The number of hydrogen-bond acceptors (Lipinski definition) is 2. The summed E-state index contributed by atoms with van der Waals surface area (Å²) in [6.45, 7) is 7.71. The zero-order valence-corrected chi connectivity index (χ0v) is 16.3. The van der Waals surface area contributed by atoms with Crippen molar-refractivity contribution >= 4 is 29.9 Å². The number of aryl methyl sites for hydroxylation is 1. The number of rotatable bonds is 7. The van der Waals surface area contributed by atoms with Crippen LogP contribution in [0.5, 0.6) is 5.75 Å². The lowest BCUT2D eigenvalue weighted by molar-refractivity contribution is 0.223. The highest BCUT2D eigenvalue weighted by Gasteiger charge is 2.05. The average molecular weight is 417 g/mol. The molecule has 0 saturated carbocycles.